The van der Waals surface area contributed by atoms with Gasteiger partial charge in [-0.1, -0.05) is 11.6 Å². The number of carbonyl (C=O) groups is 1. The van der Waals surface area contributed by atoms with Crippen molar-refractivity contribution in [3.8, 4) is 17.2 Å². The Morgan fingerprint density at radius 3 is 2.60 bits per heavy atom. The predicted octanol–water partition coefficient (Wildman–Crippen LogP) is 3.00. The van der Waals surface area contributed by atoms with Crippen molar-refractivity contribution in [3.05, 3.63) is 59.4 Å². The Kier molecular flexibility index (Phi) is 4.95. The second kappa shape index (κ2) is 7.31. The molecule has 0 aliphatic heterocycles. The van der Waals surface area contributed by atoms with Gasteiger partial charge in [-0.2, -0.15) is 0 Å². The quantitative estimate of drug-likeness (QED) is 0.515. The lowest BCUT2D eigenvalue weighted by molar-refractivity contribution is -0.141. The lowest BCUT2D eigenvalue weighted by Crippen LogP contribution is -2.28. The maximum atomic E-state index is 12.2. The Balaban J connectivity index is 1.63. The fourth-order valence-corrected chi connectivity index (χ4v) is 2.36. The molecule has 0 aliphatic carbocycles. The fourth-order valence-electron chi connectivity index (χ4n) is 2.13. The number of halogens is 1. The summed E-state index contributed by atoms with van der Waals surface area (Å²) in [5.74, 6) is 0.498. The molecule has 7 nitrogen and oxygen atoms in total. The number of rotatable bonds is 5. The van der Waals surface area contributed by atoms with Crippen LogP contribution >= 0.6 is 11.6 Å². The third-order valence-corrected chi connectivity index (χ3v) is 3.68. The van der Waals surface area contributed by atoms with Crippen molar-refractivity contribution in [3.63, 3.8) is 0 Å². The normalized spacial score (nSPS) is 11.8. The zero-order valence-corrected chi connectivity index (χ0v) is 14.3. The minimum atomic E-state index is -0.765. The van der Waals surface area contributed by atoms with Crippen molar-refractivity contribution >= 4 is 17.6 Å². The van der Waals surface area contributed by atoms with Crippen LogP contribution in [0, 0.1) is 6.92 Å². The molecule has 0 radical (unpaired) electrons. The van der Waals surface area contributed by atoms with Gasteiger partial charge in [-0.15, -0.1) is 5.10 Å². The van der Waals surface area contributed by atoms with Gasteiger partial charge in [-0.3, -0.25) is 0 Å². The summed E-state index contributed by atoms with van der Waals surface area (Å²) >= 11 is 5.91. The zero-order valence-electron chi connectivity index (χ0n) is 13.6. The molecule has 1 heterocycles. The molecule has 2 aromatic carbocycles. The summed E-state index contributed by atoms with van der Waals surface area (Å²) < 4.78 is 12.5. The Morgan fingerprint density at radius 1 is 1.20 bits per heavy atom. The Morgan fingerprint density at radius 2 is 1.96 bits per heavy atom. The molecule has 8 heteroatoms. The van der Waals surface area contributed by atoms with E-state index in [2.05, 4.69) is 15.5 Å². The van der Waals surface area contributed by atoms with E-state index in [-0.39, 0.29) is 0 Å². The molecule has 0 spiro atoms. The smallest absolute Gasteiger partial charge is 0.352 e. The van der Waals surface area contributed by atoms with Gasteiger partial charge in [0.25, 0.3) is 0 Å². The average Bonchev–Trinajstić information content (AvgIpc) is 3.12. The van der Waals surface area contributed by atoms with Crippen LogP contribution in [0.15, 0.2) is 48.8 Å². The first-order valence-electron chi connectivity index (χ1n) is 7.51. The molecule has 1 atom stereocenters. The Hall–Kier alpha value is -2.93. The van der Waals surface area contributed by atoms with Crippen molar-refractivity contribution in [1.29, 1.82) is 0 Å². The number of ether oxygens (including phenoxy) is 2. The van der Waals surface area contributed by atoms with Crippen LogP contribution < -0.4 is 9.47 Å². The lowest BCUT2D eigenvalue weighted by atomic mass is 10.2. The molecular formula is C17H15ClN4O3. The minimum Gasteiger partial charge on any atom is -0.479 e. The number of hydrogen-bond donors (Lipinski definition) is 0. The number of esters is 1. The van der Waals surface area contributed by atoms with Gasteiger partial charge in [0.15, 0.2) is 6.10 Å². The Labute approximate surface area is 149 Å². The van der Waals surface area contributed by atoms with E-state index in [4.69, 9.17) is 21.1 Å². The van der Waals surface area contributed by atoms with Gasteiger partial charge >= 0.3 is 5.97 Å². The zero-order chi connectivity index (χ0) is 17.8. The van der Waals surface area contributed by atoms with E-state index in [0.29, 0.717) is 16.5 Å². The molecular weight excluding hydrogens is 344 g/mol. The van der Waals surface area contributed by atoms with E-state index < -0.39 is 12.1 Å². The number of nitrogens with zero attached hydrogens (tertiary/aromatic N) is 4. The number of aromatic nitrogens is 4. The standard InChI is InChI=1S/C17H15ClN4O3/c1-11-9-13(18)3-8-16(11)24-12(2)17(23)25-15-6-4-14(5-7-15)22-10-19-20-21-22/h3-10,12H,1-2H3. The van der Waals surface area contributed by atoms with Gasteiger partial charge in [0.05, 0.1) is 5.69 Å². The summed E-state index contributed by atoms with van der Waals surface area (Å²) in [6, 6.07) is 12.0. The van der Waals surface area contributed by atoms with Crippen LogP contribution in [0.4, 0.5) is 0 Å². The third-order valence-electron chi connectivity index (χ3n) is 3.44. The monoisotopic (exact) mass is 358 g/mol. The molecule has 0 saturated heterocycles. The summed E-state index contributed by atoms with van der Waals surface area (Å²) in [4.78, 5) is 12.2. The highest BCUT2D eigenvalue weighted by molar-refractivity contribution is 6.30. The minimum absolute atomic E-state index is 0.408. The first kappa shape index (κ1) is 16.9. The van der Waals surface area contributed by atoms with E-state index in [1.807, 2.05) is 6.92 Å². The van der Waals surface area contributed by atoms with E-state index in [1.165, 1.54) is 11.0 Å². The number of aryl methyl sites for hydroxylation is 1. The van der Waals surface area contributed by atoms with Crippen LogP contribution in [0.2, 0.25) is 5.02 Å². The lowest BCUT2D eigenvalue weighted by Gasteiger charge is -2.15. The summed E-state index contributed by atoms with van der Waals surface area (Å²) in [7, 11) is 0. The molecule has 25 heavy (non-hydrogen) atoms. The highest BCUT2D eigenvalue weighted by Crippen LogP contribution is 2.23. The van der Waals surface area contributed by atoms with Crippen LogP contribution in [0.1, 0.15) is 12.5 Å². The van der Waals surface area contributed by atoms with Crippen molar-refractivity contribution < 1.29 is 14.3 Å². The van der Waals surface area contributed by atoms with Crippen LogP contribution in [0.3, 0.4) is 0 Å². The summed E-state index contributed by atoms with van der Waals surface area (Å²) in [5, 5.41) is 11.5. The molecule has 1 unspecified atom stereocenters. The van der Waals surface area contributed by atoms with Crippen LogP contribution in [-0.2, 0) is 4.79 Å². The maximum absolute atomic E-state index is 12.2. The van der Waals surface area contributed by atoms with Crippen molar-refractivity contribution in [1.82, 2.24) is 20.2 Å². The van der Waals surface area contributed by atoms with Crippen molar-refractivity contribution in [2.24, 2.45) is 0 Å². The van der Waals surface area contributed by atoms with Crippen LogP contribution in [-0.4, -0.2) is 32.3 Å². The first-order valence-corrected chi connectivity index (χ1v) is 7.88. The molecule has 0 fully saturated rings. The van der Waals surface area contributed by atoms with E-state index >= 15 is 0 Å². The van der Waals surface area contributed by atoms with Crippen LogP contribution in [0.5, 0.6) is 11.5 Å². The van der Waals surface area contributed by atoms with Gasteiger partial charge in [-0.05, 0) is 72.3 Å². The molecule has 0 saturated carbocycles. The summed E-state index contributed by atoms with van der Waals surface area (Å²) in [6.07, 6.45) is 0.713. The van der Waals surface area contributed by atoms with E-state index in [9.17, 15) is 4.79 Å². The number of tetrazole rings is 1. The van der Waals surface area contributed by atoms with Gasteiger partial charge in [0.2, 0.25) is 0 Å². The second-order valence-electron chi connectivity index (χ2n) is 5.34. The largest absolute Gasteiger partial charge is 0.479 e. The highest BCUT2D eigenvalue weighted by Gasteiger charge is 2.18. The molecule has 0 N–H and O–H groups in total. The summed E-state index contributed by atoms with van der Waals surface area (Å²) in [5.41, 5.74) is 1.60. The van der Waals surface area contributed by atoms with Crippen molar-refractivity contribution in [2.45, 2.75) is 20.0 Å². The number of hydrogen-bond acceptors (Lipinski definition) is 6. The van der Waals surface area contributed by atoms with Gasteiger partial charge in [0, 0.05) is 5.02 Å². The Bertz CT molecular complexity index is 866. The molecule has 3 rings (SSSR count). The number of carbonyl (C=O) groups excluding carboxylic acids is 1. The van der Waals surface area contributed by atoms with Gasteiger partial charge < -0.3 is 9.47 Å². The third kappa shape index (κ3) is 4.13. The fraction of sp³-hybridized carbons (Fsp3) is 0.176. The highest BCUT2D eigenvalue weighted by atomic mass is 35.5. The molecule has 1 aromatic heterocycles. The topological polar surface area (TPSA) is 79.1 Å². The average molecular weight is 359 g/mol. The molecule has 0 amide bonds. The van der Waals surface area contributed by atoms with Crippen molar-refractivity contribution in [2.75, 3.05) is 0 Å². The van der Waals surface area contributed by atoms with Crippen LogP contribution in [0.25, 0.3) is 5.69 Å². The van der Waals surface area contributed by atoms with Gasteiger partial charge in [0.1, 0.15) is 17.8 Å². The molecule has 0 aliphatic rings. The molecule has 0 bridgehead atoms. The second-order valence-corrected chi connectivity index (χ2v) is 5.78. The predicted molar refractivity (Wildman–Crippen MR) is 91.1 cm³/mol. The number of benzene rings is 2. The van der Waals surface area contributed by atoms with Gasteiger partial charge in [-0.25, -0.2) is 9.48 Å². The maximum Gasteiger partial charge on any atom is 0.352 e. The first-order chi connectivity index (χ1) is 12.0. The molecule has 128 valence electrons. The SMILES string of the molecule is Cc1cc(Cl)ccc1OC(C)C(=O)Oc1ccc(-n2cnnn2)cc1. The van der Waals surface area contributed by atoms with E-state index in [1.54, 1.807) is 49.4 Å². The van der Waals surface area contributed by atoms with E-state index in [0.717, 1.165) is 11.3 Å². The summed E-state index contributed by atoms with van der Waals surface area (Å²) in [6.45, 7) is 3.49. The molecule has 3 aromatic rings.